The topological polar surface area (TPSA) is 40.6 Å². The molecular formula is C26H28N2O2. The first-order valence-electron chi connectivity index (χ1n) is 10.4. The number of amides is 2. The largest absolute Gasteiger partial charge is 0.312 e. The van der Waals surface area contributed by atoms with Crippen LogP contribution in [0.4, 0.5) is 11.4 Å². The molecule has 0 saturated heterocycles. The fourth-order valence-electron chi connectivity index (χ4n) is 3.65. The highest BCUT2D eigenvalue weighted by Crippen LogP contribution is 2.23. The summed E-state index contributed by atoms with van der Waals surface area (Å²) in [5.74, 6) is -1.15. The third-order valence-electron chi connectivity index (χ3n) is 5.18. The minimum absolute atomic E-state index is 0.174. The Labute approximate surface area is 178 Å². The Bertz CT molecular complexity index is 883. The highest BCUT2D eigenvalue weighted by molar-refractivity contribution is 6.12. The molecule has 2 amide bonds. The number of nitrogens with zero attached hydrogens (tertiary/aromatic N) is 2. The molecule has 0 aliphatic heterocycles. The molecule has 3 aromatic rings. The van der Waals surface area contributed by atoms with Crippen LogP contribution in [0.15, 0.2) is 91.0 Å². The summed E-state index contributed by atoms with van der Waals surface area (Å²) in [6.07, 6.45) is 0.366. The quantitative estimate of drug-likeness (QED) is 0.502. The van der Waals surface area contributed by atoms with Crippen LogP contribution in [-0.2, 0) is 16.0 Å². The molecule has 0 radical (unpaired) electrons. The van der Waals surface area contributed by atoms with Crippen LogP contribution in [0, 0.1) is 5.92 Å². The number of carbonyl (C=O) groups is 2. The highest BCUT2D eigenvalue weighted by Gasteiger charge is 2.34. The molecular weight excluding hydrogens is 372 g/mol. The molecule has 3 rings (SSSR count). The van der Waals surface area contributed by atoms with Gasteiger partial charge in [-0.05, 0) is 50.1 Å². The van der Waals surface area contributed by atoms with Gasteiger partial charge < -0.3 is 9.80 Å². The molecule has 0 fully saturated rings. The van der Waals surface area contributed by atoms with Gasteiger partial charge in [0.25, 0.3) is 0 Å². The Morgan fingerprint density at radius 3 is 1.37 bits per heavy atom. The Morgan fingerprint density at radius 1 is 0.633 bits per heavy atom. The maximum Gasteiger partial charge on any atom is 0.239 e. The molecule has 0 aromatic heterocycles. The Morgan fingerprint density at radius 2 is 1.00 bits per heavy atom. The number of hydrogen-bond acceptors (Lipinski definition) is 2. The van der Waals surface area contributed by atoms with Crippen molar-refractivity contribution in [2.24, 2.45) is 5.92 Å². The van der Waals surface area contributed by atoms with Gasteiger partial charge in [0.2, 0.25) is 11.8 Å². The molecule has 0 atom stereocenters. The van der Waals surface area contributed by atoms with Crippen LogP contribution in [0.1, 0.15) is 19.4 Å². The van der Waals surface area contributed by atoms with Crippen molar-refractivity contribution in [1.29, 1.82) is 0 Å². The third-order valence-corrected chi connectivity index (χ3v) is 5.18. The van der Waals surface area contributed by atoms with Crippen LogP contribution >= 0.6 is 0 Å². The van der Waals surface area contributed by atoms with E-state index in [1.807, 2.05) is 105 Å². The lowest BCUT2D eigenvalue weighted by Gasteiger charge is -2.30. The van der Waals surface area contributed by atoms with E-state index in [2.05, 4.69) is 0 Å². The fourth-order valence-corrected chi connectivity index (χ4v) is 3.65. The molecule has 4 nitrogen and oxygen atoms in total. The van der Waals surface area contributed by atoms with Crippen LogP contribution < -0.4 is 9.80 Å². The first-order chi connectivity index (χ1) is 14.7. The maximum atomic E-state index is 13.7. The molecule has 0 aliphatic carbocycles. The van der Waals surface area contributed by atoms with Crippen LogP contribution in [-0.4, -0.2) is 24.9 Å². The number of hydrogen-bond donors (Lipinski definition) is 0. The summed E-state index contributed by atoms with van der Waals surface area (Å²) in [6.45, 7) is 4.87. The summed E-state index contributed by atoms with van der Waals surface area (Å²) >= 11 is 0. The van der Waals surface area contributed by atoms with Gasteiger partial charge in [-0.1, -0.05) is 66.7 Å². The van der Waals surface area contributed by atoms with Crippen LogP contribution in [0.5, 0.6) is 0 Å². The second kappa shape index (κ2) is 10.4. The van der Waals surface area contributed by atoms with Crippen molar-refractivity contribution in [2.75, 3.05) is 22.9 Å². The van der Waals surface area contributed by atoms with E-state index in [0.717, 1.165) is 16.9 Å². The summed E-state index contributed by atoms with van der Waals surface area (Å²) in [4.78, 5) is 30.7. The van der Waals surface area contributed by atoms with E-state index in [9.17, 15) is 9.59 Å². The summed E-state index contributed by atoms with van der Waals surface area (Å²) in [6, 6.07) is 28.8. The Hall–Kier alpha value is -3.40. The lowest BCUT2D eigenvalue weighted by molar-refractivity contribution is -0.132. The van der Waals surface area contributed by atoms with Gasteiger partial charge >= 0.3 is 0 Å². The van der Waals surface area contributed by atoms with Crippen molar-refractivity contribution in [3.8, 4) is 0 Å². The summed E-state index contributed by atoms with van der Waals surface area (Å²) in [5.41, 5.74) is 2.58. The average Bonchev–Trinajstić information content (AvgIpc) is 2.80. The predicted octanol–water partition coefficient (Wildman–Crippen LogP) is 4.95. The zero-order chi connectivity index (χ0) is 21.3. The highest BCUT2D eigenvalue weighted by atomic mass is 16.2. The first kappa shape index (κ1) is 21.3. The van der Waals surface area contributed by atoms with Crippen molar-refractivity contribution in [2.45, 2.75) is 20.3 Å². The number of carbonyl (C=O) groups excluding carboxylic acids is 2. The van der Waals surface area contributed by atoms with Gasteiger partial charge in [0.15, 0.2) is 0 Å². The van der Waals surface area contributed by atoms with Crippen molar-refractivity contribution in [3.63, 3.8) is 0 Å². The molecule has 0 N–H and O–H groups in total. The van der Waals surface area contributed by atoms with E-state index in [4.69, 9.17) is 0 Å². The second-order valence-electron chi connectivity index (χ2n) is 7.08. The van der Waals surface area contributed by atoms with Gasteiger partial charge in [0, 0.05) is 24.5 Å². The lowest BCUT2D eigenvalue weighted by atomic mass is 9.95. The van der Waals surface area contributed by atoms with E-state index in [1.54, 1.807) is 9.80 Å². The van der Waals surface area contributed by atoms with E-state index in [0.29, 0.717) is 19.5 Å². The van der Waals surface area contributed by atoms with E-state index in [-0.39, 0.29) is 11.8 Å². The smallest absolute Gasteiger partial charge is 0.239 e. The molecule has 30 heavy (non-hydrogen) atoms. The number of para-hydroxylation sites is 2. The molecule has 0 aliphatic rings. The molecule has 4 heteroatoms. The average molecular weight is 401 g/mol. The summed E-state index contributed by atoms with van der Waals surface area (Å²) in [7, 11) is 0. The zero-order valence-corrected chi connectivity index (χ0v) is 17.6. The summed E-state index contributed by atoms with van der Waals surface area (Å²) in [5, 5.41) is 0. The van der Waals surface area contributed by atoms with Crippen LogP contribution in [0.25, 0.3) is 0 Å². The molecule has 0 spiro atoms. The number of benzene rings is 3. The Kier molecular flexibility index (Phi) is 7.39. The first-order valence-corrected chi connectivity index (χ1v) is 10.4. The predicted molar refractivity (Wildman–Crippen MR) is 123 cm³/mol. The fraction of sp³-hybridized carbons (Fsp3) is 0.231. The molecule has 0 saturated carbocycles. The number of anilines is 2. The van der Waals surface area contributed by atoms with Gasteiger partial charge in [-0.2, -0.15) is 0 Å². The normalized spacial score (nSPS) is 10.6. The van der Waals surface area contributed by atoms with Crippen LogP contribution in [0.3, 0.4) is 0 Å². The van der Waals surface area contributed by atoms with Gasteiger partial charge in [-0.25, -0.2) is 0 Å². The van der Waals surface area contributed by atoms with Crippen molar-refractivity contribution < 1.29 is 9.59 Å². The molecule has 154 valence electrons. The van der Waals surface area contributed by atoms with Crippen molar-refractivity contribution in [1.82, 2.24) is 0 Å². The van der Waals surface area contributed by atoms with Gasteiger partial charge in [0.1, 0.15) is 5.92 Å². The van der Waals surface area contributed by atoms with E-state index < -0.39 is 5.92 Å². The molecule has 0 heterocycles. The third kappa shape index (κ3) is 4.95. The maximum absolute atomic E-state index is 13.7. The lowest BCUT2D eigenvalue weighted by Crippen LogP contribution is -2.46. The van der Waals surface area contributed by atoms with E-state index in [1.165, 1.54) is 0 Å². The van der Waals surface area contributed by atoms with Crippen LogP contribution in [0.2, 0.25) is 0 Å². The van der Waals surface area contributed by atoms with Crippen molar-refractivity contribution >= 4 is 23.2 Å². The number of rotatable bonds is 8. The summed E-state index contributed by atoms with van der Waals surface area (Å²) < 4.78 is 0. The standard InChI is InChI=1S/C26H28N2O2/c1-3-27(22-16-10-6-11-17-22)25(29)24(20-21-14-8-5-9-15-21)26(30)28(4-2)23-18-12-7-13-19-23/h5-19,24H,3-4,20H2,1-2H3. The Balaban J connectivity index is 1.97. The SMILES string of the molecule is CCN(C(=O)C(Cc1ccccc1)C(=O)N(CC)c1ccccc1)c1ccccc1. The van der Waals surface area contributed by atoms with Gasteiger partial charge in [-0.15, -0.1) is 0 Å². The van der Waals surface area contributed by atoms with Gasteiger partial charge in [-0.3, -0.25) is 9.59 Å². The van der Waals surface area contributed by atoms with Crippen molar-refractivity contribution in [3.05, 3.63) is 96.6 Å². The van der Waals surface area contributed by atoms with E-state index >= 15 is 0 Å². The minimum Gasteiger partial charge on any atom is -0.312 e. The molecule has 3 aromatic carbocycles. The second-order valence-corrected chi connectivity index (χ2v) is 7.08. The van der Waals surface area contributed by atoms with Gasteiger partial charge in [0.05, 0.1) is 0 Å². The molecule has 0 unspecified atom stereocenters. The monoisotopic (exact) mass is 400 g/mol. The zero-order valence-electron chi connectivity index (χ0n) is 17.6. The molecule has 0 bridgehead atoms. The minimum atomic E-state index is -0.798.